The van der Waals surface area contributed by atoms with Crippen molar-refractivity contribution < 1.29 is 9.59 Å². The van der Waals surface area contributed by atoms with Gasteiger partial charge in [0.1, 0.15) is 6.04 Å². The van der Waals surface area contributed by atoms with Gasteiger partial charge in [-0.1, -0.05) is 0 Å². The summed E-state index contributed by atoms with van der Waals surface area (Å²) in [5.74, 6) is -0.123. The van der Waals surface area contributed by atoms with Crippen molar-refractivity contribution in [3.63, 3.8) is 0 Å². The van der Waals surface area contributed by atoms with E-state index in [2.05, 4.69) is 5.32 Å². The summed E-state index contributed by atoms with van der Waals surface area (Å²) in [7, 11) is 0. The number of nitrogens with one attached hydrogen (secondary N) is 1. The lowest BCUT2D eigenvalue weighted by Gasteiger charge is -2.09. The first-order valence-corrected chi connectivity index (χ1v) is 3.40. The van der Waals surface area contributed by atoms with Crippen molar-refractivity contribution in [3.8, 4) is 0 Å². The predicted molar refractivity (Wildman–Crippen MR) is 33.3 cm³/mol. The molecule has 1 atom stereocenters. The standard InChI is InChI=1S/C6H8N2O2/c9-5-4-2-1-3-8(4)6(10)7-5/h4H,1-3H2,(H,7,9,10)/t4-/m0/s1. The highest BCUT2D eigenvalue weighted by Gasteiger charge is 2.40. The van der Waals surface area contributed by atoms with Crippen LogP contribution in [-0.4, -0.2) is 29.4 Å². The Morgan fingerprint density at radius 1 is 1.50 bits per heavy atom. The molecule has 3 amide bonds. The molecule has 1 N–H and O–H groups in total. The fourth-order valence-corrected chi connectivity index (χ4v) is 1.54. The molecule has 2 heterocycles. The average Bonchev–Trinajstić information content (AvgIpc) is 2.39. The fourth-order valence-electron chi connectivity index (χ4n) is 1.54. The number of imide groups is 1. The lowest BCUT2D eigenvalue weighted by Crippen LogP contribution is -2.28. The molecule has 4 heteroatoms. The summed E-state index contributed by atoms with van der Waals surface area (Å²) in [5.41, 5.74) is 0. The maximum atomic E-state index is 10.9. The largest absolute Gasteiger partial charge is 0.324 e. The minimum atomic E-state index is -0.215. The van der Waals surface area contributed by atoms with Gasteiger partial charge in [-0.2, -0.15) is 0 Å². The molecule has 0 aromatic heterocycles. The average molecular weight is 140 g/mol. The zero-order chi connectivity index (χ0) is 7.14. The highest BCUT2D eigenvalue weighted by molar-refractivity contribution is 6.04. The van der Waals surface area contributed by atoms with Crippen LogP contribution in [0, 0.1) is 0 Å². The molecular weight excluding hydrogens is 132 g/mol. The Labute approximate surface area is 58.2 Å². The summed E-state index contributed by atoms with van der Waals surface area (Å²) < 4.78 is 0. The normalized spacial score (nSPS) is 30.8. The van der Waals surface area contributed by atoms with Gasteiger partial charge in [0.05, 0.1) is 0 Å². The molecule has 0 spiro atoms. The van der Waals surface area contributed by atoms with Gasteiger partial charge in [-0.05, 0) is 12.8 Å². The van der Waals surface area contributed by atoms with E-state index in [1.165, 1.54) is 0 Å². The Bertz CT molecular complexity index is 182. The first-order chi connectivity index (χ1) is 4.79. The van der Waals surface area contributed by atoms with Crippen LogP contribution in [0.5, 0.6) is 0 Å². The first kappa shape index (κ1) is 5.70. The third-order valence-corrected chi connectivity index (χ3v) is 2.05. The van der Waals surface area contributed by atoms with E-state index in [4.69, 9.17) is 0 Å². The van der Waals surface area contributed by atoms with Crippen LogP contribution in [0.4, 0.5) is 4.79 Å². The van der Waals surface area contributed by atoms with Crippen molar-refractivity contribution in [1.82, 2.24) is 10.2 Å². The van der Waals surface area contributed by atoms with Crippen LogP contribution in [0.1, 0.15) is 12.8 Å². The van der Waals surface area contributed by atoms with Crippen LogP contribution in [0.2, 0.25) is 0 Å². The van der Waals surface area contributed by atoms with E-state index >= 15 is 0 Å². The van der Waals surface area contributed by atoms with E-state index < -0.39 is 0 Å². The molecule has 0 aliphatic carbocycles. The van der Waals surface area contributed by atoms with Crippen LogP contribution in [-0.2, 0) is 4.79 Å². The summed E-state index contributed by atoms with van der Waals surface area (Å²) in [6, 6.07) is -0.361. The number of hydrogen-bond donors (Lipinski definition) is 1. The van der Waals surface area contributed by atoms with Crippen molar-refractivity contribution in [2.24, 2.45) is 0 Å². The summed E-state index contributed by atoms with van der Waals surface area (Å²) in [6.45, 7) is 0.738. The molecule has 2 saturated heterocycles. The minimum Gasteiger partial charge on any atom is -0.312 e. The van der Waals surface area contributed by atoms with Gasteiger partial charge in [0, 0.05) is 6.54 Å². The minimum absolute atomic E-state index is 0.123. The third-order valence-electron chi connectivity index (χ3n) is 2.05. The highest BCUT2D eigenvalue weighted by Crippen LogP contribution is 2.20. The molecule has 0 saturated carbocycles. The third kappa shape index (κ3) is 0.558. The van der Waals surface area contributed by atoms with Gasteiger partial charge in [-0.15, -0.1) is 0 Å². The van der Waals surface area contributed by atoms with Crippen molar-refractivity contribution >= 4 is 11.9 Å². The SMILES string of the molecule is O=C1NC(=O)N2CCC[C@@H]12. The molecule has 2 aliphatic heterocycles. The number of nitrogens with zero attached hydrogens (tertiary/aromatic N) is 1. The lowest BCUT2D eigenvalue weighted by molar-refractivity contribution is -0.120. The van der Waals surface area contributed by atoms with Gasteiger partial charge in [-0.3, -0.25) is 10.1 Å². The van der Waals surface area contributed by atoms with E-state index in [-0.39, 0.29) is 18.0 Å². The number of fused-ring (bicyclic) bond motifs is 1. The number of amides is 3. The Morgan fingerprint density at radius 2 is 2.30 bits per heavy atom. The summed E-state index contributed by atoms with van der Waals surface area (Å²) in [4.78, 5) is 23.4. The zero-order valence-electron chi connectivity index (χ0n) is 5.46. The Balaban J connectivity index is 2.27. The van der Waals surface area contributed by atoms with Crippen molar-refractivity contribution in [1.29, 1.82) is 0 Å². The van der Waals surface area contributed by atoms with E-state index in [1.807, 2.05) is 0 Å². The highest BCUT2D eigenvalue weighted by atomic mass is 16.2. The predicted octanol–water partition coefficient (Wildman–Crippen LogP) is -0.299. The molecule has 4 nitrogen and oxygen atoms in total. The Morgan fingerprint density at radius 3 is 3.00 bits per heavy atom. The molecule has 0 aromatic carbocycles. The van der Waals surface area contributed by atoms with Crippen LogP contribution >= 0.6 is 0 Å². The van der Waals surface area contributed by atoms with E-state index in [1.54, 1.807) is 4.90 Å². The maximum absolute atomic E-state index is 10.9. The molecule has 54 valence electrons. The number of urea groups is 1. The van der Waals surface area contributed by atoms with Gasteiger partial charge >= 0.3 is 6.03 Å². The Kier molecular flexibility index (Phi) is 0.977. The van der Waals surface area contributed by atoms with E-state index in [0.717, 1.165) is 19.4 Å². The van der Waals surface area contributed by atoms with Crippen molar-refractivity contribution in [2.45, 2.75) is 18.9 Å². The summed E-state index contributed by atoms with van der Waals surface area (Å²) in [5, 5.41) is 2.27. The number of rotatable bonds is 0. The zero-order valence-corrected chi connectivity index (χ0v) is 5.46. The quantitative estimate of drug-likeness (QED) is 0.470. The second kappa shape index (κ2) is 1.71. The Hall–Kier alpha value is -1.06. The summed E-state index contributed by atoms with van der Waals surface area (Å²) >= 11 is 0. The molecule has 2 aliphatic rings. The van der Waals surface area contributed by atoms with Gasteiger partial charge in [-0.25, -0.2) is 4.79 Å². The molecule has 2 rings (SSSR count). The maximum Gasteiger partial charge on any atom is 0.324 e. The molecule has 0 radical (unpaired) electrons. The topological polar surface area (TPSA) is 49.4 Å². The molecule has 2 fully saturated rings. The van der Waals surface area contributed by atoms with Gasteiger partial charge < -0.3 is 4.90 Å². The lowest BCUT2D eigenvalue weighted by atomic mass is 10.2. The van der Waals surface area contributed by atoms with Crippen LogP contribution in [0.15, 0.2) is 0 Å². The van der Waals surface area contributed by atoms with Crippen LogP contribution < -0.4 is 5.32 Å². The smallest absolute Gasteiger partial charge is 0.312 e. The number of carbonyl (C=O) groups excluding carboxylic acids is 2. The van der Waals surface area contributed by atoms with Gasteiger partial charge in [0.25, 0.3) is 5.91 Å². The first-order valence-electron chi connectivity index (χ1n) is 3.40. The van der Waals surface area contributed by atoms with Crippen molar-refractivity contribution in [3.05, 3.63) is 0 Å². The van der Waals surface area contributed by atoms with Gasteiger partial charge in [0.2, 0.25) is 0 Å². The molecule has 0 unspecified atom stereocenters. The number of hydrogen-bond acceptors (Lipinski definition) is 2. The van der Waals surface area contributed by atoms with Crippen molar-refractivity contribution in [2.75, 3.05) is 6.54 Å². The summed E-state index contributed by atoms with van der Waals surface area (Å²) in [6.07, 6.45) is 1.79. The van der Waals surface area contributed by atoms with Gasteiger partial charge in [0.15, 0.2) is 0 Å². The molecule has 0 bridgehead atoms. The second-order valence-electron chi connectivity index (χ2n) is 2.65. The van der Waals surface area contributed by atoms with Crippen LogP contribution in [0.25, 0.3) is 0 Å². The van der Waals surface area contributed by atoms with Crippen LogP contribution in [0.3, 0.4) is 0 Å². The number of carbonyl (C=O) groups is 2. The van der Waals surface area contributed by atoms with E-state index in [9.17, 15) is 9.59 Å². The molecule has 0 aromatic rings. The second-order valence-corrected chi connectivity index (χ2v) is 2.65. The molecular formula is C6H8N2O2. The molecule has 10 heavy (non-hydrogen) atoms. The fraction of sp³-hybridized carbons (Fsp3) is 0.667. The monoisotopic (exact) mass is 140 g/mol. The van der Waals surface area contributed by atoms with E-state index in [0.29, 0.717) is 0 Å².